The van der Waals surface area contributed by atoms with E-state index in [-0.39, 0.29) is 55.6 Å². The van der Waals surface area contributed by atoms with E-state index in [1.54, 1.807) is 22.5 Å². The number of rotatable bonds is 8. The molecule has 0 radical (unpaired) electrons. The van der Waals surface area contributed by atoms with Crippen molar-refractivity contribution < 1.29 is 33.6 Å². The molecule has 0 aliphatic carbocycles. The lowest BCUT2D eigenvalue weighted by Crippen LogP contribution is -2.44. The van der Waals surface area contributed by atoms with Crippen molar-refractivity contribution in [1.82, 2.24) is 14.5 Å². The Labute approximate surface area is 230 Å². The van der Waals surface area contributed by atoms with Crippen LogP contribution in [0.15, 0.2) is 23.0 Å². The maximum absolute atomic E-state index is 13.7. The molecule has 0 spiro atoms. The minimum absolute atomic E-state index is 0.00139. The molecule has 0 saturated carbocycles. The van der Waals surface area contributed by atoms with Gasteiger partial charge in [-0.2, -0.15) is 0 Å². The summed E-state index contributed by atoms with van der Waals surface area (Å²) in [5.41, 5.74) is 1.90. The number of nitrogens with zero attached hydrogens (tertiary/aromatic N) is 3. The standard InChI is InChI=1S/C29H31N3O8/c1-4-7-31(25(33)14-37-3)8-6-16-17-9-23-24(40-15-39-23)11-21(17)30-26-18(16)12-32-22(26)10-20-19(27(32)34)13-38-28(35)29(20,36)5-2/h9-11,36H,4-8,12-15H2,1-3H3/t29-/m0/s1. The van der Waals surface area contributed by atoms with Gasteiger partial charge in [0.2, 0.25) is 12.7 Å². The summed E-state index contributed by atoms with van der Waals surface area (Å²) in [5, 5.41) is 12.1. The van der Waals surface area contributed by atoms with Crippen molar-refractivity contribution in [2.24, 2.45) is 0 Å². The first-order chi connectivity index (χ1) is 19.3. The predicted octanol–water partition coefficient (Wildman–Crippen LogP) is 2.24. The molecule has 0 fully saturated rings. The van der Waals surface area contributed by atoms with E-state index in [0.29, 0.717) is 47.9 Å². The highest BCUT2D eigenvalue weighted by Crippen LogP contribution is 2.43. The van der Waals surface area contributed by atoms with Gasteiger partial charge in [0.05, 0.1) is 29.0 Å². The molecule has 3 aliphatic heterocycles. The van der Waals surface area contributed by atoms with E-state index in [2.05, 4.69) is 0 Å². The fourth-order valence-corrected chi connectivity index (χ4v) is 5.93. The number of amides is 1. The van der Waals surface area contributed by atoms with Crippen molar-refractivity contribution in [1.29, 1.82) is 0 Å². The van der Waals surface area contributed by atoms with Crippen LogP contribution < -0.4 is 15.0 Å². The van der Waals surface area contributed by atoms with E-state index in [0.717, 1.165) is 22.9 Å². The van der Waals surface area contributed by atoms with Crippen LogP contribution in [-0.4, -0.2) is 65.0 Å². The van der Waals surface area contributed by atoms with E-state index < -0.39 is 11.6 Å². The van der Waals surface area contributed by atoms with Crippen molar-refractivity contribution >= 4 is 22.8 Å². The van der Waals surface area contributed by atoms with Crippen LogP contribution in [0.2, 0.25) is 0 Å². The molecule has 1 N–H and O–H groups in total. The van der Waals surface area contributed by atoms with Crippen LogP contribution >= 0.6 is 0 Å². The van der Waals surface area contributed by atoms with E-state index in [4.69, 9.17) is 23.9 Å². The molecule has 11 heteroatoms. The average molecular weight is 550 g/mol. The number of aromatic nitrogens is 2. The van der Waals surface area contributed by atoms with Crippen molar-refractivity contribution in [3.05, 3.63) is 50.8 Å². The first-order valence-electron chi connectivity index (χ1n) is 13.5. The predicted molar refractivity (Wildman–Crippen MR) is 143 cm³/mol. The van der Waals surface area contributed by atoms with Gasteiger partial charge in [0.25, 0.3) is 5.56 Å². The molecule has 6 rings (SSSR count). The van der Waals surface area contributed by atoms with Gasteiger partial charge in [0.1, 0.15) is 13.2 Å². The van der Waals surface area contributed by atoms with Crippen LogP contribution in [0.5, 0.6) is 11.5 Å². The molecule has 0 unspecified atom stereocenters. The Bertz CT molecular complexity index is 1610. The monoisotopic (exact) mass is 549 g/mol. The third-order valence-electron chi connectivity index (χ3n) is 8.05. The van der Waals surface area contributed by atoms with Crippen LogP contribution in [0, 0.1) is 0 Å². The third-order valence-corrected chi connectivity index (χ3v) is 8.05. The molecule has 1 atom stereocenters. The number of aliphatic hydroxyl groups is 1. The second-order valence-electron chi connectivity index (χ2n) is 10.3. The highest BCUT2D eigenvalue weighted by atomic mass is 16.7. The number of hydrogen-bond acceptors (Lipinski definition) is 9. The summed E-state index contributed by atoms with van der Waals surface area (Å²) < 4.78 is 23.2. The summed E-state index contributed by atoms with van der Waals surface area (Å²) in [6.07, 6.45) is 1.38. The third kappa shape index (κ3) is 3.95. The zero-order valence-electron chi connectivity index (χ0n) is 22.7. The number of cyclic esters (lactones) is 1. The Hall–Kier alpha value is -3.96. The van der Waals surface area contributed by atoms with Crippen LogP contribution in [0.3, 0.4) is 0 Å². The van der Waals surface area contributed by atoms with E-state index in [1.165, 1.54) is 7.11 Å². The summed E-state index contributed by atoms with van der Waals surface area (Å²) in [7, 11) is 1.50. The van der Waals surface area contributed by atoms with Gasteiger partial charge >= 0.3 is 5.97 Å². The van der Waals surface area contributed by atoms with Gasteiger partial charge in [0.15, 0.2) is 17.1 Å². The Morgan fingerprint density at radius 2 is 1.90 bits per heavy atom. The summed E-state index contributed by atoms with van der Waals surface area (Å²) in [6, 6.07) is 5.42. The summed E-state index contributed by atoms with van der Waals surface area (Å²) in [5.74, 6) is 0.343. The molecule has 0 saturated heterocycles. The Morgan fingerprint density at radius 1 is 1.12 bits per heavy atom. The number of esters is 1. The number of pyridine rings is 2. The smallest absolute Gasteiger partial charge is 0.343 e. The van der Waals surface area contributed by atoms with Gasteiger partial charge in [-0.15, -0.1) is 0 Å². The summed E-state index contributed by atoms with van der Waals surface area (Å²) in [6.45, 7) is 4.93. The van der Waals surface area contributed by atoms with Crippen molar-refractivity contribution in [2.45, 2.75) is 51.9 Å². The van der Waals surface area contributed by atoms with Crippen LogP contribution in [-0.2, 0) is 44.2 Å². The largest absolute Gasteiger partial charge is 0.458 e. The topological polar surface area (TPSA) is 129 Å². The average Bonchev–Trinajstić information content (AvgIpc) is 3.56. The van der Waals surface area contributed by atoms with Crippen LogP contribution in [0.4, 0.5) is 0 Å². The molecule has 0 bridgehead atoms. The quantitative estimate of drug-likeness (QED) is 0.329. The molecule has 1 aromatic carbocycles. The van der Waals surface area contributed by atoms with Gasteiger partial charge in [-0.3, -0.25) is 9.59 Å². The summed E-state index contributed by atoms with van der Waals surface area (Å²) >= 11 is 0. The normalized spacial score (nSPS) is 18.4. The SMILES string of the molecule is CCCN(CCc1c2c(nc3cc4c(cc13)OCO4)-c1cc3c(c(=O)n1C2)COC(=O)[C@]3(O)CC)C(=O)COC. The second kappa shape index (κ2) is 9.90. The number of carbonyl (C=O) groups excluding carboxylic acids is 2. The molecule has 1 amide bonds. The van der Waals surface area contributed by atoms with E-state index in [9.17, 15) is 19.5 Å². The Morgan fingerprint density at radius 3 is 2.62 bits per heavy atom. The molecular weight excluding hydrogens is 518 g/mol. The lowest BCUT2D eigenvalue weighted by Gasteiger charge is -2.31. The van der Waals surface area contributed by atoms with Gasteiger partial charge in [-0.1, -0.05) is 13.8 Å². The first kappa shape index (κ1) is 26.3. The molecule has 11 nitrogen and oxygen atoms in total. The summed E-state index contributed by atoms with van der Waals surface area (Å²) in [4.78, 5) is 45.7. The number of ether oxygens (including phenoxy) is 4. The number of benzene rings is 1. The highest BCUT2D eigenvalue weighted by Gasteiger charge is 2.45. The maximum Gasteiger partial charge on any atom is 0.343 e. The Kier molecular flexibility index (Phi) is 6.50. The van der Waals surface area contributed by atoms with Gasteiger partial charge < -0.3 is 33.5 Å². The number of carbonyl (C=O) groups is 2. The fourth-order valence-electron chi connectivity index (χ4n) is 5.93. The van der Waals surface area contributed by atoms with Gasteiger partial charge in [0, 0.05) is 42.8 Å². The number of fused-ring (bicyclic) bond motifs is 6. The molecule has 2 aromatic heterocycles. The van der Waals surface area contributed by atoms with Gasteiger partial charge in [-0.25, -0.2) is 9.78 Å². The van der Waals surface area contributed by atoms with E-state index >= 15 is 0 Å². The maximum atomic E-state index is 13.7. The van der Waals surface area contributed by atoms with Crippen molar-refractivity contribution in [3.8, 4) is 22.9 Å². The number of hydrogen-bond donors (Lipinski definition) is 1. The molecular formula is C29H31N3O8. The number of methoxy groups -OCH3 is 1. The molecule has 40 heavy (non-hydrogen) atoms. The zero-order valence-corrected chi connectivity index (χ0v) is 22.7. The highest BCUT2D eigenvalue weighted by molar-refractivity contribution is 5.91. The van der Waals surface area contributed by atoms with Crippen molar-refractivity contribution in [3.63, 3.8) is 0 Å². The van der Waals surface area contributed by atoms with Crippen LogP contribution in [0.25, 0.3) is 22.3 Å². The first-order valence-corrected chi connectivity index (χ1v) is 13.5. The Balaban J connectivity index is 1.52. The molecule has 3 aliphatic rings. The van der Waals surface area contributed by atoms with Gasteiger partial charge in [-0.05, 0) is 37.0 Å². The second-order valence-corrected chi connectivity index (χ2v) is 10.3. The molecule has 5 heterocycles. The lowest BCUT2D eigenvalue weighted by molar-refractivity contribution is -0.172. The zero-order chi connectivity index (χ0) is 28.2. The van der Waals surface area contributed by atoms with E-state index in [1.807, 2.05) is 19.1 Å². The lowest BCUT2D eigenvalue weighted by atomic mass is 9.86. The fraction of sp³-hybridized carbons (Fsp3) is 0.448. The van der Waals surface area contributed by atoms with Crippen molar-refractivity contribution in [2.75, 3.05) is 33.6 Å². The van der Waals surface area contributed by atoms with Crippen LogP contribution in [0.1, 0.15) is 48.9 Å². The molecule has 3 aromatic rings. The molecule has 210 valence electrons. The minimum atomic E-state index is -1.90. The minimum Gasteiger partial charge on any atom is -0.458 e.